The van der Waals surface area contributed by atoms with Crippen molar-refractivity contribution in [3.63, 3.8) is 0 Å². The van der Waals surface area contributed by atoms with Crippen molar-refractivity contribution in [2.24, 2.45) is 29.6 Å². The first-order valence-electron chi connectivity index (χ1n) is 10.4. The summed E-state index contributed by atoms with van der Waals surface area (Å²) in [5.41, 5.74) is 0.817. The van der Waals surface area contributed by atoms with E-state index in [0.717, 1.165) is 50.6 Å². The van der Waals surface area contributed by atoms with Crippen molar-refractivity contribution < 1.29 is 14.4 Å². The lowest BCUT2D eigenvalue weighted by Gasteiger charge is -2.33. The Morgan fingerprint density at radius 3 is 2.04 bits per heavy atom. The van der Waals surface area contributed by atoms with Gasteiger partial charge in [0.05, 0.1) is 11.8 Å². The zero-order valence-corrected chi connectivity index (χ0v) is 15.5. The molecule has 1 aliphatic heterocycles. The average Bonchev–Trinajstić information content (AvgIpc) is 3.37. The fourth-order valence-electron chi connectivity index (χ4n) is 6.15. The van der Waals surface area contributed by atoms with Gasteiger partial charge in [-0.15, -0.1) is 0 Å². The molecule has 0 radical (unpaired) electrons. The molecule has 4 fully saturated rings. The van der Waals surface area contributed by atoms with Gasteiger partial charge in [0.15, 0.2) is 0 Å². The highest BCUT2D eigenvalue weighted by Crippen LogP contribution is 2.56. The first kappa shape index (κ1) is 17.0. The zero-order valence-electron chi connectivity index (χ0n) is 15.5. The Balaban J connectivity index is 1.22. The summed E-state index contributed by atoms with van der Waals surface area (Å²) in [6.45, 7) is 0. The van der Waals surface area contributed by atoms with Crippen LogP contribution in [0.15, 0.2) is 30.3 Å². The first-order chi connectivity index (χ1) is 13.1. The van der Waals surface area contributed by atoms with Crippen LogP contribution in [0.5, 0.6) is 0 Å². The van der Waals surface area contributed by atoms with Gasteiger partial charge in [-0.05, 0) is 68.9 Å². The lowest BCUT2D eigenvalue weighted by molar-refractivity contribution is -0.144. The van der Waals surface area contributed by atoms with E-state index in [0.29, 0.717) is 11.8 Å². The van der Waals surface area contributed by atoms with Crippen LogP contribution < -0.4 is 5.32 Å². The highest BCUT2D eigenvalue weighted by atomic mass is 16.2. The van der Waals surface area contributed by atoms with Crippen molar-refractivity contribution in [1.29, 1.82) is 0 Å². The van der Waals surface area contributed by atoms with Crippen molar-refractivity contribution in [2.45, 2.75) is 51.0 Å². The number of benzene rings is 1. The maximum absolute atomic E-state index is 13.0. The van der Waals surface area contributed by atoms with Gasteiger partial charge in [0.25, 0.3) is 0 Å². The molecule has 3 amide bonds. The van der Waals surface area contributed by atoms with Gasteiger partial charge in [-0.1, -0.05) is 18.2 Å². The minimum atomic E-state index is -0.0371. The minimum Gasteiger partial charge on any atom is -0.326 e. The summed E-state index contributed by atoms with van der Waals surface area (Å²) in [5.74, 6) is 1.01. The molecule has 3 aliphatic carbocycles. The molecule has 0 aromatic heterocycles. The first-order valence-corrected chi connectivity index (χ1v) is 10.4. The van der Waals surface area contributed by atoms with E-state index in [2.05, 4.69) is 5.32 Å². The Hall–Kier alpha value is -2.17. The van der Waals surface area contributed by atoms with Crippen LogP contribution in [0.2, 0.25) is 0 Å². The summed E-state index contributed by atoms with van der Waals surface area (Å²) in [5, 5.41) is 2.98. The van der Waals surface area contributed by atoms with Crippen LogP contribution in [0.1, 0.15) is 44.9 Å². The van der Waals surface area contributed by atoms with E-state index in [9.17, 15) is 14.4 Å². The van der Waals surface area contributed by atoms with Gasteiger partial charge in [-0.2, -0.15) is 0 Å². The van der Waals surface area contributed by atoms with Crippen molar-refractivity contribution in [3.05, 3.63) is 30.3 Å². The summed E-state index contributed by atoms with van der Waals surface area (Å²) >= 11 is 0. The van der Waals surface area contributed by atoms with Gasteiger partial charge >= 0.3 is 0 Å². The molecule has 0 unspecified atom stereocenters. The Bertz CT molecular complexity index is 741. The summed E-state index contributed by atoms with van der Waals surface area (Å²) in [6, 6.07) is 9.50. The molecule has 1 heterocycles. The molecule has 1 N–H and O–H groups in total. The third-order valence-corrected chi connectivity index (χ3v) is 7.44. The predicted molar refractivity (Wildman–Crippen MR) is 100 cm³/mol. The van der Waals surface area contributed by atoms with Gasteiger partial charge in [0.1, 0.15) is 0 Å². The maximum Gasteiger partial charge on any atom is 0.233 e. The van der Waals surface area contributed by atoms with Crippen molar-refractivity contribution in [2.75, 3.05) is 5.32 Å². The number of likely N-dealkylation sites (tertiary alicyclic amines) is 1. The van der Waals surface area contributed by atoms with Gasteiger partial charge in [-0.25, -0.2) is 0 Å². The van der Waals surface area contributed by atoms with Gasteiger partial charge in [-0.3, -0.25) is 19.3 Å². The highest BCUT2D eigenvalue weighted by Gasteiger charge is 2.61. The molecule has 4 atom stereocenters. The number of hydrogen-bond donors (Lipinski definition) is 1. The van der Waals surface area contributed by atoms with E-state index >= 15 is 0 Å². The fraction of sp³-hybridized carbons (Fsp3) is 0.591. The highest BCUT2D eigenvalue weighted by molar-refractivity contribution is 6.06. The molecule has 4 aliphatic rings. The SMILES string of the molecule is O=C(Nc1ccccc1)C1CCC(N2C(=O)[C@H]3[C@@H]4CC[C@@H](C4)[C@@H]3C2=O)CC1. The number of fused-ring (bicyclic) bond motifs is 5. The topological polar surface area (TPSA) is 66.5 Å². The second kappa shape index (κ2) is 6.47. The summed E-state index contributed by atoms with van der Waals surface area (Å²) in [7, 11) is 0. The normalized spacial score (nSPS) is 37.6. The fourth-order valence-corrected chi connectivity index (χ4v) is 6.15. The van der Waals surface area contributed by atoms with Crippen LogP contribution in [0.25, 0.3) is 0 Å². The Morgan fingerprint density at radius 2 is 1.44 bits per heavy atom. The Morgan fingerprint density at radius 1 is 0.852 bits per heavy atom. The van der Waals surface area contributed by atoms with E-state index in [1.165, 1.54) is 0 Å². The van der Waals surface area contributed by atoms with Crippen LogP contribution >= 0.6 is 0 Å². The minimum absolute atomic E-state index is 0.00391. The molecular weight excluding hydrogens is 340 g/mol. The molecule has 142 valence electrons. The molecule has 1 saturated heterocycles. The zero-order chi connectivity index (χ0) is 18.5. The number of nitrogens with zero attached hydrogens (tertiary/aromatic N) is 1. The standard InChI is InChI=1S/C22H26N2O3/c25-20(23-16-4-2-1-3-5-16)13-8-10-17(11-9-13)24-21(26)18-14-6-7-15(12-14)19(18)22(24)27/h1-5,13-15,17-19H,6-12H2,(H,23,25)/t13?,14-,15+,17?,18-,19-/m0/s1. The lowest BCUT2D eigenvalue weighted by atomic mass is 9.81. The van der Waals surface area contributed by atoms with Crippen LogP contribution in [-0.4, -0.2) is 28.7 Å². The number of rotatable bonds is 3. The smallest absolute Gasteiger partial charge is 0.233 e. The number of para-hydroxylation sites is 1. The number of carbonyl (C=O) groups excluding carboxylic acids is 3. The molecule has 27 heavy (non-hydrogen) atoms. The Kier molecular flexibility index (Phi) is 4.06. The van der Waals surface area contributed by atoms with Crippen LogP contribution in [0.4, 0.5) is 5.69 Å². The second-order valence-corrected chi connectivity index (χ2v) is 8.79. The molecule has 5 nitrogen and oxygen atoms in total. The van der Waals surface area contributed by atoms with Crippen LogP contribution in [0.3, 0.4) is 0 Å². The molecule has 2 bridgehead atoms. The van der Waals surface area contributed by atoms with Gasteiger partial charge in [0, 0.05) is 17.6 Å². The number of nitrogens with one attached hydrogen (secondary N) is 1. The van der Waals surface area contributed by atoms with E-state index in [4.69, 9.17) is 0 Å². The van der Waals surface area contributed by atoms with Gasteiger partial charge < -0.3 is 5.32 Å². The molecule has 3 saturated carbocycles. The van der Waals surface area contributed by atoms with E-state index in [1.807, 2.05) is 30.3 Å². The van der Waals surface area contributed by atoms with Crippen LogP contribution in [0, 0.1) is 29.6 Å². The Labute approximate surface area is 159 Å². The number of hydrogen-bond acceptors (Lipinski definition) is 3. The second-order valence-electron chi connectivity index (χ2n) is 8.79. The summed E-state index contributed by atoms with van der Waals surface area (Å²) < 4.78 is 0. The maximum atomic E-state index is 13.0. The summed E-state index contributed by atoms with van der Waals surface area (Å²) in [6.07, 6.45) is 6.28. The number of carbonyl (C=O) groups is 3. The number of imide groups is 1. The molecule has 0 spiro atoms. The summed E-state index contributed by atoms with van der Waals surface area (Å²) in [4.78, 5) is 40.1. The van der Waals surface area contributed by atoms with E-state index < -0.39 is 0 Å². The molecule has 1 aromatic rings. The van der Waals surface area contributed by atoms with Crippen molar-refractivity contribution >= 4 is 23.4 Å². The largest absolute Gasteiger partial charge is 0.326 e. The van der Waals surface area contributed by atoms with Gasteiger partial charge in [0.2, 0.25) is 17.7 Å². The van der Waals surface area contributed by atoms with Crippen molar-refractivity contribution in [3.8, 4) is 0 Å². The molecule has 1 aromatic carbocycles. The molecule has 5 rings (SSSR count). The molecule has 5 heteroatoms. The molecular formula is C22H26N2O3. The van der Waals surface area contributed by atoms with E-state index in [1.54, 1.807) is 4.90 Å². The quantitative estimate of drug-likeness (QED) is 0.836. The number of anilines is 1. The number of amides is 3. The van der Waals surface area contributed by atoms with Crippen LogP contribution in [-0.2, 0) is 14.4 Å². The monoisotopic (exact) mass is 366 g/mol. The van der Waals surface area contributed by atoms with E-state index in [-0.39, 0.29) is 41.5 Å². The predicted octanol–water partition coefficient (Wildman–Crippen LogP) is 3.22. The lowest BCUT2D eigenvalue weighted by Crippen LogP contribution is -2.44. The van der Waals surface area contributed by atoms with Crippen molar-refractivity contribution in [1.82, 2.24) is 4.90 Å². The third-order valence-electron chi connectivity index (χ3n) is 7.44. The third kappa shape index (κ3) is 2.70. The average molecular weight is 366 g/mol.